The zero-order chi connectivity index (χ0) is 46.9. The van der Waals surface area contributed by atoms with Crippen molar-refractivity contribution in [1.29, 1.82) is 0 Å². The number of nitrogens with zero attached hydrogens (tertiary/aromatic N) is 4. The fourth-order valence-electron chi connectivity index (χ4n) is 4.99. The Balaban J connectivity index is 0.000000233. The molecule has 0 aliphatic heterocycles. The van der Waals surface area contributed by atoms with Crippen LogP contribution in [0.4, 0.5) is 26.3 Å². The average molecular weight is 921 g/mol. The highest BCUT2D eigenvalue weighted by atomic mass is 32.2. The van der Waals surface area contributed by atoms with Crippen LogP contribution in [0.1, 0.15) is 49.9 Å². The quantitative estimate of drug-likeness (QED) is 0.0595. The Morgan fingerprint density at radius 3 is 1.67 bits per heavy atom. The van der Waals surface area contributed by atoms with Crippen molar-refractivity contribution in [3.05, 3.63) is 156 Å². The number of halogens is 6. The molecule has 0 amide bonds. The van der Waals surface area contributed by atoms with E-state index in [0.717, 1.165) is 47.4 Å². The Morgan fingerprint density at radius 1 is 0.698 bits per heavy atom. The number of benzene rings is 2. The summed E-state index contributed by atoms with van der Waals surface area (Å²) in [7, 11) is 0. The van der Waals surface area contributed by atoms with Gasteiger partial charge >= 0.3 is 23.5 Å². The number of nitrogens with one attached hydrogen (secondary N) is 2. The monoisotopic (exact) mass is 920 g/mol. The molecule has 13 nitrogen and oxygen atoms in total. The predicted octanol–water partition coefficient (Wildman–Crippen LogP) is 8.00. The Bertz CT molecular complexity index is 2720. The van der Waals surface area contributed by atoms with E-state index >= 15 is 0 Å². The highest BCUT2D eigenvalue weighted by Crippen LogP contribution is 2.31. The van der Waals surface area contributed by atoms with Crippen LogP contribution < -0.4 is 26.2 Å². The molecule has 0 saturated carbocycles. The van der Waals surface area contributed by atoms with Gasteiger partial charge in [0.1, 0.15) is 34.4 Å². The van der Waals surface area contributed by atoms with Crippen molar-refractivity contribution in [2.24, 2.45) is 0 Å². The normalized spacial score (nSPS) is 11.8. The minimum Gasteiger partial charge on any atom is -0.490 e. The van der Waals surface area contributed by atoms with E-state index in [1.807, 2.05) is 13.8 Å². The van der Waals surface area contributed by atoms with E-state index in [4.69, 9.17) is 9.47 Å². The minimum atomic E-state index is -4.48. The predicted molar refractivity (Wildman–Crippen MR) is 226 cm³/mol. The molecule has 0 atom stereocenters. The van der Waals surface area contributed by atoms with Gasteiger partial charge < -0.3 is 29.7 Å². The maximum absolute atomic E-state index is 12.9. The summed E-state index contributed by atoms with van der Waals surface area (Å²) < 4.78 is 87.7. The molecule has 0 radical (unpaired) electrons. The second-order valence-electron chi connectivity index (χ2n) is 14.9. The van der Waals surface area contributed by atoms with Crippen LogP contribution in [-0.2, 0) is 12.4 Å². The van der Waals surface area contributed by atoms with Crippen molar-refractivity contribution in [3.63, 3.8) is 0 Å². The molecule has 336 valence electrons. The number of ether oxygens (including phenoxy) is 2. The van der Waals surface area contributed by atoms with Gasteiger partial charge in [0.05, 0.1) is 22.3 Å². The van der Waals surface area contributed by atoms with E-state index in [2.05, 4.69) is 32.2 Å². The first kappa shape index (κ1) is 49.6. The fourth-order valence-corrected chi connectivity index (χ4v) is 5.86. The molecule has 21 heteroatoms. The van der Waals surface area contributed by atoms with Crippen molar-refractivity contribution in [3.8, 4) is 22.9 Å². The number of aliphatic hydroxyl groups is 2. The molecule has 0 fully saturated rings. The lowest BCUT2D eigenvalue weighted by Gasteiger charge is -2.19. The molecule has 63 heavy (non-hydrogen) atoms. The van der Waals surface area contributed by atoms with Crippen LogP contribution in [0.2, 0.25) is 0 Å². The summed E-state index contributed by atoms with van der Waals surface area (Å²) in [6.45, 7) is 10.5. The topological polar surface area (TPSA) is 177 Å². The number of aryl methyl sites for hydroxylation is 2. The number of rotatable bonds is 10. The van der Waals surface area contributed by atoms with Gasteiger partial charge in [-0.15, -0.1) is 0 Å². The van der Waals surface area contributed by atoms with Gasteiger partial charge in [0.15, 0.2) is 5.03 Å². The molecule has 0 aliphatic carbocycles. The highest BCUT2D eigenvalue weighted by Gasteiger charge is 2.31. The second kappa shape index (κ2) is 20.4. The average Bonchev–Trinajstić information content (AvgIpc) is 3.18. The lowest BCUT2D eigenvalue weighted by molar-refractivity contribution is -0.138. The van der Waals surface area contributed by atoms with Gasteiger partial charge in [0, 0.05) is 48.6 Å². The first-order valence-electron chi connectivity index (χ1n) is 18.5. The molecule has 4 aromatic heterocycles. The van der Waals surface area contributed by atoms with Gasteiger partial charge in [-0.1, -0.05) is 12.2 Å². The molecule has 6 rings (SSSR count). The first-order valence-corrected chi connectivity index (χ1v) is 19.7. The number of alkyl halides is 6. The maximum Gasteiger partial charge on any atom is 0.417 e. The maximum atomic E-state index is 12.9. The van der Waals surface area contributed by atoms with E-state index < -0.39 is 51.4 Å². The first-order chi connectivity index (χ1) is 29.2. The van der Waals surface area contributed by atoms with Crippen LogP contribution in [0.25, 0.3) is 11.4 Å². The molecule has 4 heterocycles. The summed E-state index contributed by atoms with van der Waals surface area (Å²) in [5.74, 6) is 1.20. The molecular formula is C42H42F6N6O7S2. The summed E-state index contributed by atoms with van der Waals surface area (Å²) >= 11 is 5.46. The van der Waals surface area contributed by atoms with Gasteiger partial charge in [-0.25, -0.2) is 9.97 Å². The second-order valence-corrected chi connectivity index (χ2v) is 16.3. The van der Waals surface area contributed by atoms with Crippen LogP contribution in [0, 0.1) is 18.5 Å². The molecule has 0 unspecified atom stereocenters. The molecule has 0 aliphatic rings. The summed E-state index contributed by atoms with van der Waals surface area (Å²) in [6, 6.07) is 14.6. The number of aromatic nitrogens is 6. The Morgan fingerprint density at radius 2 is 1.22 bits per heavy atom. The Kier molecular flexibility index (Phi) is 16.1. The molecule has 4 N–H and O–H groups in total. The number of hydrogen-bond acceptors (Lipinski definition) is 11. The fraction of sp³-hybridized carbons (Fsp3) is 0.286. The zero-order valence-corrected chi connectivity index (χ0v) is 36.1. The molecular weight excluding hydrogens is 879 g/mol. The van der Waals surface area contributed by atoms with E-state index in [0.29, 0.717) is 22.9 Å². The van der Waals surface area contributed by atoms with E-state index in [1.54, 1.807) is 64.1 Å². The van der Waals surface area contributed by atoms with Crippen LogP contribution in [0.15, 0.2) is 122 Å². The summed E-state index contributed by atoms with van der Waals surface area (Å²) in [5, 5.41) is 19.8. The van der Waals surface area contributed by atoms with Gasteiger partial charge in [0.25, 0.3) is 5.56 Å². The molecule has 0 bridgehead atoms. The molecule has 2 aromatic carbocycles. The van der Waals surface area contributed by atoms with Gasteiger partial charge in [-0.2, -0.15) is 26.3 Å². The smallest absolute Gasteiger partial charge is 0.417 e. The summed E-state index contributed by atoms with van der Waals surface area (Å²) in [6.07, 6.45) is -1.36. The zero-order valence-electron chi connectivity index (χ0n) is 34.5. The number of H-pyrrole nitrogens is 2. The Hall–Kier alpha value is -6.03. The van der Waals surface area contributed by atoms with Crippen LogP contribution in [0.3, 0.4) is 0 Å². The van der Waals surface area contributed by atoms with Crippen LogP contribution >= 0.6 is 24.0 Å². The van der Waals surface area contributed by atoms with Crippen molar-refractivity contribution >= 4 is 24.0 Å². The molecule has 0 saturated heterocycles. The van der Waals surface area contributed by atoms with Crippen molar-refractivity contribution in [2.45, 2.75) is 75.1 Å². The third-order valence-corrected chi connectivity index (χ3v) is 9.25. The van der Waals surface area contributed by atoms with E-state index in [1.165, 1.54) is 46.1 Å². The van der Waals surface area contributed by atoms with Crippen molar-refractivity contribution < 1.29 is 46.0 Å². The Labute approximate surface area is 365 Å². The van der Waals surface area contributed by atoms with Crippen LogP contribution in [0.5, 0.6) is 11.5 Å². The summed E-state index contributed by atoms with van der Waals surface area (Å²) in [5.41, 5.74) is -2.49. The largest absolute Gasteiger partial charge is 0.490 e. The van der Waals surface area contributed by atoms with Crippen LogP contribution in [-0.4, -0.2) is 63.7 Å². The standard InChI is InChI=1S/C21H20F3N3O3S.C15H18N2O4.C6H4F3NS/c1-13-10-15(5-6-16(13)30-12-20(2,3)29)27-9-8-25-18(19(27)28)31-17-7-4-14(11-26-17)21(22,23)24;1-10-8-11(17-7-6-16-13(18)14(17)19)4-5-12(10)21-9-15(2,3)20;7-6(8,9)4-1-2-5(11)10-3-4/h4-11,29H,12H2,1-3H3;4-8,20H,9H2,1-3H3,(H,16,18);1-3H,(H,10,11). The van der Waals surface area contributed by atoms with E-state index in [9.17, 15) is 50.9 Å². The minimum absolute atomic E-state index is 0.0785. The van der Waals surface area contributed by atoms with Gasteiger partial charge in [-0.05, 0) is 125 Å². The number of hydrogen-bond donors (Lipinski definition) is 4. The van der Waals surface area contributed by atoms with Crippen molar-refractivity contribution in [1.82, 2.24) is 29.1 Å². The number of pyridine rings is 2. The van der Waals surface area contributed by atoms with Gasteiger partial charge in [0.2, 0.25) is 0 Å². The number of aromatic amines is 2. The van der Waals surface area contributed by atoms with E-state index in [-0.39, 0.29) is 27.9 Å². The molecule has 0 spiro atoms. The lowest BCUT2D eigenvalue weighted by atomic mass is 10.1. The third-order valence-electron chi connectivity index (χ3n) is 8.07. The highest BCUT2D eigenvalue weighted by molar-refractivity contribution is 7.99. The lowest BCUT2D eigenvalue weighted by Crippen LogP contribution is -2.34. The molecule has 6 aromatic rings. The van der Waals surface area contributed by atoms with Crippen molar-refractivity contribution in [2.75, 3.05) is 13.2 Å². The third kappa shape index (κ3) is 15.1. The SMILES string of the molecule is Cc1cc(-n2cc[nH]c(=O)c2=O)ccc1OCC(C)(C)O.Cc1cc(-n2ccnc(Sc3ccc(C(F)(F)F)cn3)c2=O)ccc1OCC(C)(C)O.FC(F)(F)c1ccc(=S)[nH]c1. The van der Waals surface area contributed by atoms with Gasteiger partial charge in [-0.3, -0.25) is 23.5 Å². The summed E-state index contributed by atoms with van der Waals surface area (Å²) in [4.78, 5) is 48.4.